The van der Waals surface area contributed by atoms with Crippen LogP contribution in [-0.2, 0) is 6.54 Å². The molecule has 2 aliphatic rings. The van der Waals surface area contributed by atoms with Crippen LogP contribution in [0, 0.1) is 12.8 Å². The minimum Gasteiger partial charge on any atom is -0.371 e. The first-order valence-corrected chi connectivity index (χ1v) is 7.80. The van der Waals surface area contributed by atoms with Crippen molar-refractivity contribution in [2.75, 3.05) is 18.0 Å². The second-order valence-electron chi connectivity index (χ2n) is 6.46. The molecule has 2 heteroatoms. The number of nitrogens with one attached hydrogen (secondary N) is 1. The van der Waals surface area contributed by atoms with Crippen LogP contribution in [-0.4, -0.2) is 19.1 Å². The van der Waals surface area contributed by atoms with Crippen molar-refractivity contribution in [2.45, 2.75) is 52.1 Å². The normalized spacial score (nSPS) is 23.7. The van der Waals surface area contributed by atoms with Gasteiger partial charge in [0.1, 0.15) is 0 Å². The zero-order valence-corrected chi connectivity index (χ0v) is 12.3. The van der Waals surface area contributed by atoms with Gasteiger partial charge in [-0.3, -0.25) is 0 Å². The standard InChI is InChI=1S/C17H26N2/c1-13-4-3-9-19(12-13)17-8-5-15(14(2)10-17)11-18-16-6-7-16/h5,8,10,13,16,18H,3-4,6-7,9,11-12H2,1-2H3. The Hall–Kier alpha value is -1.02. The maximum atomic E-state index is 3.61. The molecule has 1 aliphatic heterocycles. The number of benzene rings is 1. The zero-order valence-electron chi connectivity index (χ0n) is 12.3. The van der Waals surface area contributed by atoms with E-state index in [1.165, 1.54) is 55.6 Å². The molecule has 1 atom stereocenters. The molecule has 1 unspecified atom stereocenters. The molecule has 0 aromatic heterocycles. The van der Waals surface area contributed by atoms with Gasteiger partial charge in [0.25, 0.3) is 0 Å². The highest BCUT2D eigenvalue weighted by atomic mass is 15.1. The van der Waals surface area contributed by atoms with E-state index in [1.54, 1.807) is 0 Å². The summed E-state index contributed by atoms with van der Waals surface area (Å²) in [6, 6.07) is 7.80. The molecule has 0 spiro atoms. The first kappa shape index (κ1) is 13.0. The number of nitrogens with zero attached hydrogens (tertiary/aromatic N) is 1. The van der Waals surface area contributed by atoms with Crippen molar-refractivity contribution in [3.63, 3.8) is 0 Å². The van der Waals surface area contributed by atoms with Crippen LogP contribution in [0.5, 0.6) is 0 Å². The van der Waals surface area contributed by atoms with E-state index in [-0.39, 0.29) is 0 Å². The first-order valence-electron chi connectivity index (χ1n) is 7.80. The Kier molecular flexibility index (Phi) is 3.79. The number of aryl methyl sites for hydroxylation is 1. The van der Waals surface area contributed by atoms with Gasteiger partial charge in [0, 0.05) is 31.4 Å². The molecule has 2 fully saturated rings. The Morgan fingerprint density at radius 3 is 2.79 bits per heavy atom. The van der Waals surface area contributed by atoms with E-state index in [2.05, 4.69) is 42.3 Å². The summed E-state index contributed by atoms with van der Waals surface area (Å²) in [7, 11) is 0. The minimum atomic E-state index is 0.794. The molecular weight excluding hydrogens is 232 g/mol. The van der Waals surface area contributed by atoms with Crippen LogP contribution in [0.25, 0.3) is 0 Å². The molecule has 1 heterocycles. The van der Waals surface area contributed by atoms with Crippen molar-refractivity contribution < 1.29 is 0 Å². The molecule has 3 rings (SSSR count). The number of hydrogen-bond donors (Lipinski definition) is 1. The summed E-state index contributed by atoms with van der Waals surface area (Å²) >= 11 is 0. The van der Waals surface area contributed by atoms with Gasteiger partial charge in [-0.25, -0.2) is 0 Å². The predicted octanol–water partition coefficient (Wildman–Crippen LogP) is 3.48. The molecular formula is C17H26N2. The van der Waals surface area contributed by atoms with Gasteiger partial charge >= 0.3 is 0 Å². The van der Waals surface area contributed by atoms with Crippen molar-refractivity contribution in [3.8, 4) is 0 Å². The summed E-state index contributed by atoms with van der Waals surface area (Å²) in [5.41, 5.74) is 4.31. The lowest BCUT2D eigenvalue weighted by Gasteiger charge is -2.33. The number of rotatable bonds is 4. The second kappa shape index (κ2) is 5.54. The maximum absolute atomic E-state index is 3.61. The fraction of sp³-hybridized carbons (Fsp3) is 0.647. The van der Waals surface area contributed by atoms with E-state index in [0.29, 0.717) is 0 Å². The van der Waals surface area contributed by atoms with Crippen molar-refractivity contribution in [1.82, 2.24) is 5.32 Å². The summed E-state index contributed by atoms with van der Waals surface area (Å²) in [6.07, 6.45) is 5.45. The zero-order chi connectivity index (χ0) is 13.2. The minimum absolute atomic E-state index is 0.794. The summed E-state index contributed by atoms with van der Waals surface area (Å²) in [5, 5.41) is 3.61. The largest absolute Gasteiger partial charge is 0.371 e. The van der Waals surface area contributed by atoms with E-state index in [0.717, 1.165) is 18.5 Å². The van der Waals surface area contributed by atoms with Crippen molar-refractivity contribution in [2.24, 2.45) is 5.92 Å². The molecule has 2 nitrogen and oxygen atoms in total. The van der Waals surface area contributed by atoms with Crippen molar-refractivity contribution in [1.29, 1.82) is 0 Å². The smallest absolute Gasteiger partial charge is 0.0369 e. The highest BCUT2D eigenvalue weighted by Crippen LogP contribution is 2.25. The SMILES string of the molecule is Cc1cc(N2CCCC(C)C2)ccc1CNC1CC1. The lowest BCUT2D eigenvalue weighted by Crippen LogP contribution is -2.34. The van der Waals surface area contributed by atoms with Crippen LogP contribution in [0.2, 0.25) is 0 Å². The summed E-state index contributed by atoms with van der Waals surface area (Å²) in [4.78, 5) is 2.55. The van der Waals surface area contributed by atoms with Gasteiger partial charge in [-0.15, -0.1) is 0 Å². The molecule has 1 saturated heterocycles. The van der Waals surface area contributed by atoms with E-state index in [9.17, 15) is 0 Å². The van der Waals surface area contributed by atoms with Gasteiger partial charge in [-0.1, -0.05) is 13.0 Å². The molecule has 0 amide bonds. The molecule has 19 heavy (non-hydrogen) atoms. The fourth-order valence-electron chi connectivity index (χ4n) is 3.04. The van der Waals surface area contributed by atoms with Gasteiger partial charge in [0.05, 0.1) is 0 Å². The van der Waals surface area contributed by atoms with Gasteiger partial charge in [0.2, 0.25) is 0 Å². The lowest BCUT2D eigenvalue weighted by molar-refractivity contribution is 0.447. The Morgan fingerprint density at radius 2 is 2.11 bits per heavy atom. The van der Waals surface area contributed by atoms with E-state index >= 15 is 0 Å². The molecule has 1 N–H and O–H groups in total. The van der Waals surface area contributed by atoms with E-state index in [1.807, 2.05) is 0 Å². The number of hydrogen-bond acceptors (Lipinski definition) is 2. The molecule has 0 bridgehead atoms. The monoisotopic (exact) mass is 258 g/mol. The molecule has 1 aromatic carbocycles. The molecule has 104 valence electrons. The van der Waals surface area contributed by atoms with Gasteiger partial charge in [-0.05, 0) is 61.8 Å². The van der Waals surface area contributed by atoms with Crippen molar-refractivity contribution >= 4 is 5.69 Å². The van der Waals surface area contributed by atoms with Crippen LogP contribution < -0.4 is 10.2 Å². The third-order valence-electron chi connectivity index (χ3n) is 4.51. The van der Waals surface area contributed by atoms with Crippen LogP contribution in [0.15, 0.2) is 18.2 Å². The highest BCUT2D eigenvalue weighted by Gasteiger charge is 2.20. The Labute approximate surface area is 117 Å². The summed E-state index contributed by atoms with van der Waals surface area (Å²) in [5.74, 6) is 0.838. The van der Waals surface area contributed by atoms with Gasteiger partial charge < -0.3 is 10.2 Å². The van der Waals surface area contributed by atoms with Crippen LogP contribution in [0.1, 0.15) is 43.7 Å². The van der Waals surface area contributed by atoms with E-state index < -0.39 is 0 Å². The van der Waals surface area contributed by atoms with Crippen LogP contribution >= 0.6 is 0 Å². The summed E-state index contributed by atoms with van der Waals surface area (Å²) in [6.45, 7) is 8.10. The highest BCUT2D eigenvalue weighted by molar-refractivity contribution is 5.51. The maximum Gasteiger partial charge on any atom is 0.0369 e. The Balaban J connectivity index is 1.67. The third kappa shape index (κ3) is 3.30. The Morgan fingerprint density at radius 1 is 1.26 bits per heavy atom. The van der Waals surface area contributed by atoms with Crippen LogP contribution in [0.4, 0.5) is 5.69 Å². The van der Waals surface area contributed by atoms with Crippen LogP contribution in [0.3, 0.4) is 0 Å². The Bertz CT molecular complexity index is 437. The average molecular weight is 258 g/mol. The fourth-order valence-corrected chi connectivity index (χ4v) is 3.04. The van der Waals surface area contributed by atoms with Gasteiger partial charge in [-0.2, -0.15) is 0 Å². The second-order valence-corrected chi connectivity index (χ2v) is 6.46. The molecule has 1 aromatic rings. The number of anilines is 1. The predicted molar refractivity (Wildman–Crippen MR) is 81.7 cm³/mol. The quantitative estimate of drug-likeness (QED) is 0.889. The van der Waals surface area contributed by atoms with E-state index in [4.69, 9.17) is 0 Å². The van der Waals surface area contributed by atoms with Crippen molar-refractivity contribution in [3.05, 3.63) is 29.3 Å². The third-order valence-corrected chi connectivity index (χ3v) is 4.51. The summed E-state index contributed by atoms with van der Waals surface area (Å²) < 4.78 is 0. The molecule has 1 aliphatic carbocycles. The topological polar surface area (TPSA) is 15.3 Å². The molecule has 1 saturated carbocycles. The molecule has 0 radical (unpaired) electrons. The lowest BCUT2D eigenvalue weighted by atomic mass is 9.99. The first-order chi connectivity index (χ1) is 9.22. The number of piperidine rings is 1. The average Bonchev–Trinajstić information content (AvgIpc) is 3.21. The van der Waals surface area contributed by atoms with Gasteiger partial charge in [0.15, 0.2) is 0 Å².